The number of carbonyl (C=O) groups excluding carboxylic acids is 1. The average molecular weight is 350 g/mol. The van der Waals surface area contributed by atoms with Crippen molar-refractivity contribution >= 4 is 29.0 Å². The lowest BCUT2D eigenvalue weighted by Gasteiger charge is -2.23. The summed E-state index contributed by atoms with van der Waals surface area (Å²) in [5.74, 6) is 0.0874. The number of ether oxygens (including phenoxy) is 1. The third-order valence-electron chi connectivity index (χ3n) is 4.79. The molecule has 3 rings (SSSR count). The molecule has 1 saturated carbocycles. The molecule has 1 heterocycles. The van der Waals surface area contributed by atoms with Gasteiger partial charge in [0.05, 0.1) is 23.8 Å². The Hall–Kier alpha value is -1.69. The van der Waals surface area contributed by atoms with Gasteiger partial charge in [-0.3, -0.25) is 4.90 Å². The second-order valence-electron chi connectivity index (χ2n) is 6.59. The smallest absolute Gasteiger partial charge is 0.414 e. The van der Waals surface area contributed by atoms with Gasteiger partial charge in [-0.2, -0.15) is 0 Å². The molecule has 0 bridgehead atoms. The Labute approximate surface area is 147 Å². The highest BCUT2D eigenvalue weighted by Crippen LogP contribution is 2.35. The number of benzene rings is 1. The summed E-state index contributed by atoms with van der Waals surface area (Å²) in [4.78, 5) is 14.2. The van der Waals surface area contributed by atoms with Crippen LogP contribution < -0.4 is 10.2 Å². The van der Waals surface area contributed by atoms with Gasteiger partial charge < -0.3 is 10.1 Å². The van der Waals surface area contributed by atoms with E-state index in [4.69, 9.17) is 17.0 Å². The zero-order valence-electron chi connectivity index (χ0n) is 13.9. The molecular formula is C18H23FN2O2S. The van der Waals surface area contributed by atoms with Crippen LogP contribution in [0.3, 0.4) is 0 Å². The first-order chi connectivity index (χ1) is 11.5. The molecule has 1 N–H and O–H groups in total. The van der Waals surface area contributed by atoms with E-state index in [2.05, 4.69) is 5.32 Å². The van der Waals surface area contributed by atoms with Crippen molar-refractivity contribution < 1.29 is 13.9 Å². The Bertz CT molecular complexity index is 631. The minimum absolute atomic E-state index is 0.219. The van der Waals surface area contributed by atoms with E-state index in [1.54, 1.807) is 6.92 Å². The van der Waals surface area contributed by atoms with Crippen LogP contribution in [0.2, 0.25) is 0 Å². The van der Waals surface area contributed by atoms with Crippen molar-refractivity contribution in [3.63, 3.8) is 0 Å². The Morgan fingerprint density at radius 2 is 2.12 bits per heavy atom. The first-order valence-corrected chi connectivity index (χ1v) is 8.97. The van der Waals surface area contributed by atoms with Crippen molar-refractivity contribution in [2.45, 2.75) is 51.0 Å². The number of rotatable bonds is 4. The molecule has 24 heavy (non-hydrogen) atoms. The molecule has 1 aliphatic carbocycles. The summed E-state index contributed by atoms with van der Waals surface area (Å²) in [7, 11) is 0. The van der Waals surface area contributed by atoms with Gasteiger partial charge in [-0.05, 0) is 43.4 Å². The molecule has 130 valence electrons. The van der Waals surface area contributed by atoms with Crippen LogP contribution in [0.5, 0.6) is 0 Å². The molecule has 1 amide bonds. The molecule has 1 aromatic carbocycles. The highest BCUT2D eigenvalue weighted by molar-refractivity contribution is 7.80. The van der Waals surface area contributed by atoms with E-state index in [9.17, 15) is 9.18 Å². The molecule has 2 fully saturated rings. The first kappa shape index (κ1) is 17.1. The summed E-state index contributed by atoms with van der Waals surface area (Å²) < 4.78 is 19.9. The van der Waals surface area contributed by atoms with Crippen LogP contribution in [0, 0.1) is 5.82 Å². The van der Waals surface area contributed by atoms with E-state index in [1.165, 1.54) is 17.4 Å². The summed E-state index contributed by atoms with van der Waals surface area (Å²) >= 11 is 4.96. The fourth-order valence-corrected chi connectivity index (χ4v) is 3.61. The monoisotopic (exact) mass is 350 g/mol. The molecule has 1 unspecified atom stereocenters. The first-order valence-electron chi connectivity index (χ1n) is 8.56. The molecule has 4 nitrogen and oxygen atoms in total. The molecule has 6 heteroatoms. The van der Waals surface area contributed by atoms with Crippen molar-refractivity contribution in [3.8, 4) is 0 Å². The fraction of sp³-hybridized carbons (Fsp3) is 0.556. The van der Waals surface area contributed by atoms with Gasteiger partial charge in [0, 0.05) is 0 Å². The Morgan fingerprint density at radius 1 is 1.38 bits per heavy atom. The number of carbonyl (C=O) groups is 1. The van der Waals surface area contributed by atoms with Crippen LogP contribution >= 0.6 is 12.2 Å². The van der Waals surface area contributed by atoms with Crippen molar-refractivity contribution in [2.75, 3.05) is 18.0 Å². The van der Waals surface area contributed by atoms with Crippen LogP contribution in [0.15, 0.2) is 18.2 Å². The van der Waals surface area contributed by atoms with Gasteiger partial charge in [0.25, 0.3) is 0 Å². The maximum atomic E-state index is 14.6. The summed E-state index contributed by atoms with van der Waals surface area (Å²) in [5, 5.41) is 3.00. The second-order valence-corrected chi connectivity index (χ2v) is 7.21. The van der Waals surface area contributed by atoms with Crippen molar-refractivity contribution in [1.82, 2.24) is 5.32 Å². The number of cyclic esters (lactones) is 1. The summed E-state index contributed by atoms with van der Waals surface area (Å²) in [5.41, 5.74) is 1.33. The lowest BCUT2D eigenvalue weighted by atomic mass is 9.84. The van der Waals surface area contributed by atoms with Crippen LogP contribution in [0.4, 0.5) is 14.9 Å². The van der Waals surface area contributed by atoms with E-state index in [-0.39, 0.29) is 11.9 Å². The normalized spacial score (nSPS) is 21.7. The third-order valence-corrected chi connectivity index (χ3v) is 4.94. The predicted molar refractivity (Wildman–Crippen MR) is 96.1 cm³/mol. The molecule has 2 aliphatic rings. The maximum Gasteiger partial charge on any atom is 0.414 e. The number of hydrogen-bond acceptors (Lipinski definition) is 3. The molecule has 0 spiro atoms. The van der Waals surface area contributed by atoms with E-state index >= 15 is 0 Å². The molecule has 0 aromatic heterocycles. The number of thiocarbonyl (C=S) groups is 1. The van der Waals surface area contributed by atoms with Gasteiger partial charge in [0.15, 0.2) is 0 Å². The van der Waals surface area contributed by atoms with Crippen LogP contribution in [-0.4, -0.2) is 30.3 Å². The van der Waals surface area contributed by atoms with Crippen molar-refractivity contribution in [1.29, 1.82) is 0 Å². The van der Waals surface area contributed by atoms with Gasteiger partial charge in [0.1, 0.15) is 11.9 Å². The van der Waals surface area contributed by atoms with Crippen molar-refractivity contribution in [3.05, 3.63) is 29.6 Å². The van der Waals surface area contributed by atoms with Crippen LogP contribution in [0.25, 0.3) is 0 Å². The number of hydrogen-bond donors (Lipinski definition) is 1. The van der Waals surface area contributed by atoms with Gasteiger partial charge in [-0.25, -0.2) is 9.18 Å². The third kappa shape index (κ3) is 3.86. The van der Waals surface area contributed by atoms with Crippen LogP contribution in [-0.2, 0) is 4.74 Å². The lowest BCUT2D eigenvalue weighted by molar-refractivity contribution is 0.143. The Balaban J connectivity index is 1.69. The fourth-order valence-electron chi connectivity index (χ4n) is 3.52. The van der Waals surface area contributed by atoms with E-state index in [0.29, 0.717) is 29.7 Å². The minimum Gasteiger partial charge on any atom is -0.442 e. The topological polar surface area (TPSA) is 41.6 Å². The summed E-state index contributed by atoms with van der Waals surface area (Å²) in [6.07, 6.45) is 4.95. The van der Waals surface area contributed by atoms with E-state index in [1.807, 2.05) is 12.1 Å². The predicted octanol–water partition coefficient (Wildman–Crippen LogP) is 4.14. The standard InChI is InChI=1S/C18H23FN2O2S/c1-12(24)20-10-15-11-21(18(22)23-15)14-7-8-16(17(19)9-14)13-5-3-2-4-6-13/h7-9,13,15H,2-6,10-11H2,1H3,(H,20,24). The number of nitrogens with zero attached hydrogens (tertiary/aromatic N) is 1. The van der Waals surface area contributed by atoms with E-state index in [0.717, 1.165) is 31.2 Å². The molecule has 1 aliphatic heterocycles. The number of anilines is 1. The zero-order chi connectivity index (χ0) is 17.1. The zero-order valence-corrected chi connectivity index (χ0v) is 14.7. The molecular weight excluding hydrogens is 327 g/mol. The maximum absolute atomic E-state index is 14.6. The summed E-state index contributed by atoms with van der Waals surface area (Å²) in [6, 6.07) is 5.13. The van der Waals surface area contributed by atoms with E-state index < -0.39 is 6.09 Å². The SMILES string of the molecule is CC(=S)NCC1CN(c2ccc(C3CCCCC3)c(F)c2)C(=O)O1. The van der Waals surface area contributed by atoms with Gasteiger partial charge >= 0.3 is 6.09 Å². The van der Waals surface area contributed by atoms with Gasteiger partial charge in [-0.1, -0.05) is 37.5 Å². The highest BCUT2D eigenvalue weighted by Gasteiger charge is 2.32. The van der Waals surface area contributed by atoms with Crippen LogP contribution in [0.1, 0.15) is 50.5 Å². The average Bonchev–Trinajstić information content (AvgIpc) is 2.94. The molecule has 1 atom stereocenters. The molecule has 1 saturated heterocycles. The largest absolute Gasteiger partial charge is 0.442 e. The quantitative estimate of drug-likeness (QED) is 0.829. The van der Waals surface area contributed by atoms with Crippen molar-refractivity contribution in [2.24, 2.45) is 0 Å². The number of halogens is 1. The molecule has 0 radical (unpaired) electrons. The Morgan fingerprint density at radius 3 is 2.79 bits per heavy atom. The number of amides is 1. The second kappa shape index (κ2) is 7.47. The Kier molecular flexibility index (Phi) is 5.33. The van der Waals surface area contributed by atoms with Gasteiger partial charge in [0.2, 0.25) is 0 Å². The summed E-state index contributed by atoms with van der Waals surface area (Å²) in [6.45, 7) is 2.65. The van der Waals surface area contributed by atoms with Gasteiger partial charge in [-0.15, -0.1) is 0 Å². The number of nitrogens with one attached hydrogen (secondary N) is 1. The molecule has 1 aromatic rings. The lowest BCUT2D eigenvalue weighted by Crippen LogP contribution is -2.32. The highest BCUT2D eigenvalue weighted by atomic mass is 32.1. The minimum atomic E-state index is -0.436.